The fourth-order valence-corrected chi connectivity index (χ4v) is 2.31. The van der Waals surface area contributed by atoms with Crippen LogP contribution in [0, 0.1) is 5.92 Å². The summed E-state index contributed by atoms with van der Waals surface area (Å²) in [5.74, 6) is -0.00663. The summed E-state index contributed by atoms with van der Waals surface area (Å²) in [5, 5.41) is 19.0. The van der Waals surface area contributed by atoms with Gasteiger partial charge in [0.2, 0.25) is 0 Å². The minimum absolute atomic E-state index is 0.179. The summed E-state index contributed by atoms with van der Waals surface area (Å²) in [6.45, 7) is 3.05. The molecule has 2 fully saturated rings. The molecule has 15 heavy (non-hydrogen) atoms. The van der Waals surface area contributed by atoms with Gasteiger partial charge in [0.05, 0.1) is 19.3 Å². The second-order valence-corrected chi connectivity index (χ2v) is 4.68. The quantitative estimate of drug-likeness (QED) is 0.676. The van der Waals surface area contributed by atoms with Crippen molar-refractivity contribution in [2.75, 3.05) is 13.2 Å². The molecular formula is C11H20O4. The topological polar surface area (TPSA) is 58.9 Å². The maximum absolute atomic E-state index is 9.61. The molecule has 2 rings (SSSR count). The molecule has 4 nitrogen and oxygen atoms in total. The Balaban J connectivity index is 1.92. The van der Waals surface area contributed by atoms with Gasteiger partial charge in [0.1, 0.15) is 6.10 Å². The molecule has 0 aliphatic carbocycles. The molecule has 88 valence electrons. The van der Waals surface area contributed by atoms with E-state index in [1.165, 1.54) is 0 Å². The summed E-state index contributed by atoms with van der Waals surface area (Å²) < 4.78 is 11.3. The van der Waals surface area contributed by atoms with Crippen molar-refractivity contribution in [1.29, 1.82) is 0 Å². The Morgan fingerprint density at radius 2 is 1.93 bits per heavy atom. The van der Waals surface area contributed by atoms with Crippen LogP contribution < -0.4 is 0 Å². The Kier molecular flexibility index (Phi) is 3.30. The van der Waals surface area contributed by atoms with E-state index in [-0.39, 0.29) is 6.61 Å². The SMILES string of the molecule is CCC1CCC2(CC(O)C(O)CO2)OC1. The molecule has 1 spiro atoms. The van der Waals surface area contributed by atoms with Crippen LogP contribution in [0.5, 0.6) is 0 Å². The number of aliphatic hydroxyl groups excluding tert-OH is 2. The number of ether oxygens (including phenoxy) is 2. The summed E-state index contributed by atoms with van der Waals surface area (Å²) >= 11 is 0. The third-order valence-electron chi connectivity index (χ3n) is 3.57. The lowest BCUT2D eigenvalue weighted by Crippen LogP contribution is -2.53. The van der Waals surface area contributed by atoms with E-state index in [2.05, 4.69) is 6.92 Å². The van der Waals surface area contributed by atoms with Crippen molar-refractivity contribution in [3.63, 3.8) is 0 Å². The third-order valence-corrected chi connectivity index (χ3v) is 3.57. The van der Waals surface area contributed by atoms with Crippen molar-refractivity contribution in [2.45, 2.75) is 50.6 Å². The lowest BCUT2D eigenvalue weighted by molar-refractivity contribution is -0.311. The van der Waals surface area contributed by atoms with Crippen LogP contribution in [-0.4, -0.2) is 41.4 Å². The van der Waals surface area contributed by atoms with Crippen LogP contribution in [0.2, 0.25) is 0 Å². The molecule has 4 unspecified atom stereocenters. The zero-order valence-electron chi connectivity index (χ0n) is 9.19. The van der Waals surface area contributed by atoms with Crippen LogP contribution in [0.25, 0.3) is 0 Å². The molecule has 0 aromatic heterocycles. The highest BCUT2D eigenvalue weighted by molar-refractivity contribution is 4.87. The zero-order chi connectivity index (χ0) is 10.9. The summed E-state index contributed by atoms with van der Waals surface area (Å²) in [7, 11) is 0. The van der Waals surface area contributed by atoms with Gasteiger partial charge in [-0.2, -0.15) is 0 Å². The highest BCUT2D eigenvalue weighted by Gasteiger charge is 2.44. The van der Waals surface area contributed by atoms with Gasteiger partial charge in [-0.15, -0.1) is 0 Å². The van der Waals surface area contributed by atoms with Gasteiger partial charge in [0.15, 0.2) is 5.79 Å². The van der Waals surface area contributed by atoms with Crippen molar-refractivity contribution in [2.24, 2.45) is 5.92 Å². The van der Waals surface area contributed by atoms with E-state index in [9.17, 15) is 10.2 Å². The molecule has 0 bridgehead atoms. The Morgan fingerprint density at radius 3 is 2.47 bits per heavy atom. The van der Waals surface area contributed by atoms with Gasteiger partial charge in [-0.1, -0.05) is 13.3 Å². The first-order valence-electron chi connectivity index (χ1n) is 5.79. The molecule has 2 aliphatic rings. The third kappa shape index (κ3) is 2.33. The molecule has 2 saturated heterocycles. The van der Waals surface area contributed by atoms with E-state index in [1.54, 1.807) is 0 Å². The molecule has 0 aromatic rings. The van der Waals surface area contributed by atoms with Crippen molar-refractivity contribution < 1.29 is 19.7 Å². The monoisotopic (exact) mass is 216 g/mol. The molecule has 4 atom stereocenters. The van der Waals surface area contributed by atoms with Crippen LogP contribution in [0.4, 0.5) is 0 Å². The maximum Gasteiger partial charge on any atom is 0.170 e. The van der Waals surface area contributed by atoms with Crippen molar-refractivity contribution in [1.82, 2.24) is 0 Å². The number of hydrogen-bond donors (Lipinski definition) is 2. The van der Waals surface area contributed by atoms with Crippen LogP contribution in [0.15, 0.2) is 0 Å². The largest absolute Gasteiger partial charge is 0.390 e. The van der Waals surface area contributed by atoms with Gasteiger partial charge in [-0.25, -0.2) is 0 Å². The van der Waals surface area contributed by atoms with E-state index < -0.39 is 18.0 Å². The second-order valence-electron chi connectivity index (χ2n) is 4.68. The summed E-state index contributed by atoms with van der Waals surface area (Å²) in [6, 6.07) is 0. The highest BCUT2D eigenvalue weighted by Crippen LogP contribution is 2.37. The molecule has 2 heterocycles. The summed E-state index contributed by atoms with van der Waals surface area (Å²) in [4.78, 5) is 0. The van der Waals surface area contributed by atoms with Gasteiger partial charge in [-0.3, -0.25) is 0 Å². The van der Waals surface area contributed by atoms with Gasteiger partial charge >= 0.3 is 0 Å². The summed E-state index contributed by atoms with van der Waals surface area (Å²) in [6.07, 6.45) is 1.96. The van der Waals surface area contributed by atoms with Gasteiger partial charge in [0, 0.05) is 12.8 Å². The molecule has 2 N–H and O–H groups in total. The van der Waals surface area contributed by atoms with Crippen molar-refractivity contribution in [3.8, 4) is 0 Å². The van der Waals surface area contributed by atoms with Crippen molar-refractivity contribution in [3.05, 3.63) is 0 Å². The molecule has 0 amide bonds. The second kappa shape index (κ2) is 4.37. The minimum atomic E-state index is -0.761. The van der Waals surface area contributed by atoms with Crippen LogP contribution in [0.1, 0.15) is 32.6 Å². The van der Waals surface area contributed by atoms with Crippen molar-refractivity contribution >= 4 is 0 Å². The van der Waals surface area contributed by atoms with E-state index in [4.69, 9.17) is 9.47 Å². The Labute approximate surface area is 90.2 Å². The first kappa shape index (κ1) is 11.3. The predicted octanol–water partition coefficient (Wildman–Crippen LogP) is 0.661. The number of hydrogen-bond acceptors (Lipinski definition) is 4. The smallest absolute Gasteiger partial charge is 0.170 e. The van der Waals surface area contributed by atoms with Crippen LogP contribution in [-0.2, 0) is 9.47 Å². The van der Waals surface area contributed by atoms with E-state index in [0.29, 0.717) is 18.9 Å². The average molecular weight is 216 g/mol. The van der Waals surface area contributed by atoms with Crippen LogP contribution in [0.3, 0.4) is 0 Å². The van der Waals surface area contributed by atoms with Gasteiger partial charge in [0.25, 0.3) is 0 Å². The Morgan fingerprint density at radius 1 is 1.20 bits per heavy atom. The van der Waals surface area contributed by atoms with Gasteiger partial charge in [-0.05, 0) is 12.3 Å². The lowest BCUT2D eigenvalue weighted by Gasteiger charge is -2.45. The fourth-order valence-electron chi connectivity index (χ4n) is 2.31. The van der Waals surface area contributed by atoms with E-state index in [1.807, 2.05) is 0 Å². The highest BCUT2D eigenvalue weighted by atomic mass is 16.7. The normalized spacial score (nSPS) is 47.0. The standard InChI is InChI=1S/C11H20O4/c1-2-8-3-4-11(14-6-8)5-9(12)10(13)7-15-11/h8-10,12-13H,2-7H2,1H3. The first-order valence-corrected chi connectivity index (χ1v) is 5.79. The lowest BCUT2D eigenvalue weighted by atomic mass is 9.89. The fraction of sp³-hybridized carbons (Fsp3) is 1.00. The number of rotatable bonds is 1. The zero-order valence-corrected chi connectivity index (χ0v) is 9.19. The Bertz CT molecular complexity index is 211. The molecule has 0 aromatic carbocycles. The van der Waals surface area contributed by atoms with Crippen LogP contribution >= 0.6 is 0 Å². The molecule has 0 saturated carbocycles. The Hall–Kier alpha value is -0.160. The average Bonchev–Trinajstić information content (AvgIpc) is 2.26. The molecule has 2 aliphatic heterocycles. The molecule has 0 radical (unpaired) electrons. The molecular weight excluding hydrogens is 196 g/mol. The molecule has 4 heteroatoms. The van der Waals surface area contributed by atoms with Gasteiger partial charge < -0.3 is 19.7 Å². The summed E-state index contributed by atoms with van der Waals surface area (Å²) in [5.41, 5.74) is 0. The maximum atomic E-state index is 9.61. The minimum Gasteiger partial charge on any atom is -0.390 e. The first-order chi connectivity index (χ1) is 7.15. The van der Waals surface area contributed by atoms with E-state index in [0.717, 1.165) is 19.3 Å². The van der Waals surface area contributed by atoms with E-state index >= 15 is 0 Å². The number of aliphatic hydroxyl groups is 2. The predicted molar refractivity (Wildman–Crippen MR) is 54.3 cm³/mol.